The Morgan fingerprint density at radius 3 is 1.13 bits per heavy atom. The average molecular weight is 511 g/mol. The van der Waals surface area contributed by atoms with Crippen LogP contribution < -0.4 is 10.4 Å². The number of pyridine rings is 2. The van der Waals surface area contributed by atoms with Gasteiger partial charge in [0.1, 0.15) is 0 Å². The SMILES string of the molecule is C[Si](C)(O[Si](C)(C)O[Si](C)(C)c1cccnc1)O[Si](C)(C)O[Si](C)(C)c1cccnc1. The molecule has 2 aromatic rings. The van der Waals surface area contributed by atoms with E-state index in [1.165, 1.54) is 10.4 Å². The molecule has 0 atom stereocenters. The van der Waals surface area contributed by atoms with Gasteiger partial charge in [0.15, 0.2) is 0 Å². The van der Waals surface area contributed by atoms with Crippen molar-refractivity contribution in [2.24, 2.45) is 0 Å². The van der Waals surface area contributed by atoms with Crippen molar-refractivity contribution in [3.05, 3.63) is 49.1 Å². The summed E-state index contributed by atoms with van der Waals surface area (Å²) in [6.45, 7) is 21.4. The second kappa shape index (κ2) is 9.61. The Labute approximate surface area is 193 Å². The fourth-order valence-corrected chi connectivity index (χ4v) is 27.7. The minimum absolute atomic E-state index is 1.17. The van der Waals surface area contributed by atoms with E-state index in [0.717, 1.165) is 0 Å². The van der Waals surface area contributed by atoms with E-state index in [2.05, 4.69) is 87.6 Å². The first-order valence-electron chi connectivity index (χ1n) is 10.7. The highest BCUT2D eigenvalue weighted by Gasteiger charge is 2.46. The van der Waals surface area contributed by atoms with E-state index in [4.69, 9.17) is 16.5 Å². The monoisotopic (exact) mass is 510 g/mol. The van der Waals surface area contributed by atoms with Crippen molar-refractivity contribution < 1.29 is 16.5 Å². The number of hydrogen-bond acceptors (Lipinski definition) is 6. The lowest BCUT2D eigenvalue weighted by atomic mass is 10.5. The predicted octanol–water partition coefficient (Wildman–Crippen LogP) is 4.17. The number of rotatable bonds is 10. The Balaban J connectivity index is 2.08. The van der Waals surface area contributed by atoms with E-state index in [1.807, 2.05) is 24.5 Å². The van der Waals surface area contributed by atoms with Crippen LogP contribution in [0.2, 0.25) is 65.5 Å². The van der Waals surface area contributed by atoms with Crippen LogP contribution in [0, 0.1) is 0 Å². The summed E-state index contributed by atoms with van der Waals surface area (Å²) in [6.07, 6.45) is 7.40. The van der Waals surface area contributed by atoms with Gasteiger partial charge in [-0.25, -0.2) is 0 Å². The van der Waals surface area contributed by atoms with Crippen molar-refractivity contribution in [1.82, 2.24) is 9.97 Å². The van der Waals surface area contributed by atoms with Gasteiger partial charge in [0, 0.05) is 24.8 Å². The molecule has 0 aromatic carbocycles. The zero-order valence-corrected chi connectivity index (χ0v) is 25.6. The van der Waals surface area contributed by atoms with E-state index in [9.17, 15) is 0 Å². The highest BCUT2D eigenvalue weighted by molar-refractivity contribution is 6.95. The quantitative estimate of drug-likeness (QED) is 0.447. The van der Waals surface area contributed by atoms with Gasteiger partial charge < -0.3 is 16.5 Å². The third-order valence-electron chi connectivity index (χ3n) is 4.70. The van der Waals surface area contributed by atoms with Gasteiger partial charge in [-0.3, -0.25) is 9.97 Å². The molecule has 6 nitrogen and oxygen atoms in total. The average Bonchev–Trinajstić information content (AvgIpc) is 2.59. The molecular weight excluding hydrogens is 473 g/mol. The molecule has 0 saturated carbocycles. The molecule has 0 fully saturated rings. The molecule has 0 bridgehead atoms. The van der Waals surface area contributed by atoms with Gasteiger partial charge in [-0.15, -0.1) is 0 Å². The van der Waals surface area contributed by atoms with Crippen molar-refractivity contribution in [1.29, 1.82) is 0 Å². The Bertz CT molecular complexity index is 780. The van der Waals surface area contributed by atoms with Crippen molar-refractivity contribution in [2.75, 3.05) is 0 Å². The Morgan fingerprint density at radius 2 is 0.839 bits per heavy atom. The second-order valence-corrected chi connectivity index (χ2v) is 29.0. The zero-order valence-electron chi connectivity index (χ0n) is 20.6. The maximum atomic E-state index is 6.68. The number of hydrogen-bond donors (Lipinski definition) is 0. The van der Waals surface area contributed by atoms with Gasteiger partial charge in [-0.05, 0) is 88.0 Å². The molecule has 0 aliphatic carbocycles. The highest BCUT2D eigenvalue weighted by atomic mass is 28.5. The first-order valence-corrected chi connectivity index (χ1v) is 24.9. The van der Waals surface area contributed by atoms with Crippen LogP contribution in [0.15, 0.2) is 49.1 Å². The van der Waals surface area contributed by atoms with Gasteiger partial charge in [-0.2, -0.15) is 0 Å². The lowest BCUT2D eigenvalue weighted by molar-refractivity contribution is 0.301. The van der Waals surface area contributed by atoms with Crippen LogP contribution in [0.4, 0.5) is 0 Å². The van der Waals surface area contributed by atoms with Gasteiger partial charge in [0.2, 0.25) is 16.6 Å². The normalized spacial score (nSPS) is 14.0. The molecule has 2 heterocycles. The largest absolute Gasteiger partial charge is 0.433 e. The number of aromatic nitrogens is 2. The Hall–Kier alpha value is -0.776. The summed E-state index contributed by atoms with van der Waals surface area (Å²) in [6, 6.07) is 8.11. The summed E-state index contributed by atoms with van der Waals surface area (Å²) in [5.41, 5.74) is 0. The topological polar surface area (TPSA) is 62.7 Å². The lowest BCUT2D eigenvalue weighted by Crippen LogP contribution is -2.61. The fraction of sp³-hybridized carbons (Fsp3) is 0.500. The third-order valence-corrected chi connectivity index (χ3v) is 24.0. The zero-order chi connectivity index (χ0) is 23.6. The van der Waals surface area contributed by atoms with E-state index >= 15 is 0 Å². The summed E-state index contributed by atoms with van der Waals surface area (Å²) < 4.78 is 26.6. The standard InChI is InChI=1S/C20H38N2O4Si5/c1-27(2,19-13-11-15-21-17-19)23-29(5,6)25-31(9,10)26-30(7,8)24-28(3,4)20-14-12-16-22-18-20/h11-18H,1-10H3. The van der Waals surface area contributed by atoms with Gasteiger partial charge in [0.25, 0.3) is 0 Å². The van der Waals surface area contributed by atoms with Crippen LogP contribution in [0.1, 0.15) is 0 Å². The molecule has 0 saturated heterocycles. The Kier molecular flexibility index (Phi) is 8.21. The molecule has 0 spiro atoms. The van der Waals surface area contributed by atoms with E-state index in [1.54, 1.807) is 12.4 Å². The first kappa shape index (κ1) is 26.5. The molecule has 0 aliphatic heterocycles. The van der Waals surface area contributed by atoms with Crippen molar-refractivity contribution in [3.63, 3.8) is 0 Å². The molecule has 2 rings (SSSR count). The van der Waals surface area contributed by atoms with Crippen LogP contribution in [0.5, 0.6) is 0 Å². The molecule has 2 aromatic heterocycles. The molecule has 11 heteroatoms. The second-order valence-electron chi connectivity index (χ2n) is 10.1. The molecule has 0 radical (unpaired) electrons. The molecule has 31 heavy (non-hydrogen) atoms. The van der Waals surface area contributed by atoms with E-state index < -0.39 is 42.3 Å². The summed E-state index contributed by atoms with van der Waals surface area (Å²) in [4.78, 5) is 8.53. The maximum Gasteiger partial charge on any atom is 0.314 e. The molecule has 0 amide bonds. The van der Waals surface area contributed by atoms with Crippen LogP contribution >= 0.6 is 0 Å². The van der Waals surface area contributed by atoms with Gasteiger partial charge in [0.05, 0.1) is 0 Å². The minimum Gasteiger partial charge on any atom is -0.433 e. The fourth-order valence-electron chi connectivity index (χ4n) is 4.03. The van der Waals surface area contributed by atoms with Crippen molar-refractivity contribution >= 4 is 52.7 Å². The van der Waals surface area contributed by atoms with Crippen molar-refractivity contribution in [2.45, 2.75) is 65.5 Å². The molecule has 172 valence electrons. The van der Waals surface area contributed by atoms with Gasteiger partial charge >= 0.3 is 25.7 Å². The molecule has 0 aliphatic rings. The smallest absolute Gasteiger partial charge is 0.314 e. The summed E-state index contributed by atoms with van der Waals surface area (Å²) >= 11 is 0. The summed E-state index contributed by atoms with van der Waals surface area (Å²) in [5, 5.41) is 2.34. The van der Waals surface area contributed by atoms with Crippen LogP contribution in [-0.4, -0.2) is 52.3 Å². The van der Waals surface area contributed by atoms with E-state index in [-0.39, 0.29) is 0 Å². The van der Waals surface area contributed by atoms with E-state index in [0.29, 0.717) is 0 Å². The Morgan fingerprint density at radius 1 is 0.516 bits per heavy atom. The van der Waals surface area contributed by atoms with Crippen LogP contribution in [0.3, 0.4) is 0 Å². The molecule has 0 unspecified atom stereocenters. The van der Waals surface area contributed by atoms with Crippen LogP contribution in [-0.2, 0) is 16.5 Å². The number of nitrogens with zero attached hydrogens (tertiary/aromatic N) is 2. The predicted molar refractivity (Wildman–Crippen MR) is 139 cm³/mol. The summed E-state index contributed by atoms with van der Waals surface area (Å²) in [5.74, 6) is 0. The first-order chi connectivity index (χ1) is 14.0. The van der Waals surface area contributed by atoms with Gasteiger partial charge in [-0.1, -0.05) is 12.1 Å². The molecule has 0 N–H and O–H groups in total. The summed E-state index contributed by atoms with van der Waals surface area (Å²) in [7, 11) is -11.6. The van der Waals surface area contributed by atoms with Crippen LogP contribution in [0.25, 0.3) is 0 Å². The molecular formula is C20H38N2O4Si5. The lowest BCUT2D eigenvalue weighted by Gasteiger charge is -2.42. The third kappa shape index (κ3) is 8.25. The minimum atomic E-state index is -2.49. The maximum absolute atomic E-state index is 6.68. The van der Waals surface area contributed by atoms with Crippen molar-refractivity contribution in [3.8, 4) is 0 Å². The highest BCUT2D eigenvalue weighted by Crippen LogP contribution is 2.26.